The highest BCUT2D eigenvalue weighted by atomic mass is 32.2. The van der Waals surface area contributed by atoms with Crippen LogP contribution in [0.4, 0.5) is 14.9 Å². The number of carbonyl (C=O) groups excluding carboxylic acids is 1. The van der Waals surface area contributed by atoms with E-state index in [4.69, 9.17) is 9.47 Å². The molecule has 1 N–H and O–H groups in total. The van der Waals surface area contributed by atoms with Gasteiger partial charge in [-0.05, 0) is 65.9 Å². The summed E-state index contributed by atoms with van der Waals surface area (Å²) in [7, 11) is 0. The van der Waals surface area contributed by atoms with Gasteiger partial charge in [-0.3, -0.25) is 0 Å². The molecule has 0 unspecified atom stereocenters. The van der Waals surface area contributed by atoms with E-state index in [1.165, 1.54) is 12.1 Å². The molecule has 154 valence electrons. The van der Waals surface area contributed by atoms with Crippen LogP contribution in [-0.4, -0.2) is 24.0 Å². The summed E-state index contributed by atoms with van der Waals surface area (Å²) in [6.45, 7) is 0.900. The molecule has 1 heterocycles. The molecule has 0 atom stereocenters. The van der Waals surface area contributed by atoms with E-state index in [-0.39, 0.29) is 18.6 Å². The van der Waals surface area contributed by atoms with E-state index in [0.29, 0.717) is 30.3 Å². The summed E-state index contributed by atoms with van der Waals surface area (Å²) in [5.41, 5.74) is 2.46. The van der Waals surface area contributed by atoms with Gasteiger partial charge in [0.25, 0.3) is 0 Å². The molecule has 2 amide bonds. The quantitative estimate of drug-likeness (QED) is 0.530. The first kappa shape index (κ1) is 20.1. The van der Waals surface area contributed by atoms with Crippen LogP contribution < -0.4 is 14.8 Å². The van der Waals surface area contributed by atoms with Crippen molar-refractivity contribution < 1.29 is 18.7 Å². The van der Waals surface area contributed by atoms with E-state index in [1.807, 2.05) is 48.7 Å². The van der Waals surface area contributed by atoms with Gasteiger partial charge < -0.3 is 19.7 Å². The highest BCUT2D eigenvalue weighted by Crippen LogP contribution is 2.33. The van der Waals surface area contributed by atoms with Gasteiger partial charge in [0, 0.05) is 23.7 Å². The Bertz CT molecular complexity index is 1030. The number of carbonyl (C=O) groups is 1. The number of thioether (sulfide) groups is 1. The lowest BCUT2D eigenvalue weighted by atomic mass is 10.1. The molecule has 0 radical (unpaired) electrons. The minimum Gasteiger partial charge on any atom is -0.454 e. The van der Waals surface area contributed by atoms with Crippen molar-refractivity contribution in [3.8, 4) is 11.5 Å². The first-order valence-electron chi connectivity index (χ1n) is 9.44. The molecule has 30 heavy (non-hydrogen) atoms. The lowest BCUT2D eigenvalue weighted by Crippen LogP contribution is -2.34. The van der Waals surface area contributed by atoms with E-state index in [0.717, 1.165) is 16.0 Å². The predicted octanol–water partition coefficient (Wildman–Crippen LogP) is 5.51. The Morgan fingerprint density at radius 2 is 1.63 bits per heavy atom. The Morgan fingerprint density at radius 3 is 2.37 bits per heavy atom. The lowest BCUT2D eigenvalue weighted by Gasteiger charge is -2.24. The summed E-state index contributed by atoms with van der Waals surface area (Å²) < 4.78 is 24.1. The summed E-state index contributed by atoms with van der Waals surface area (Å²) in [5.74, 6) is 1.06. The molecule has 0 saturated carbocycles. The molecular weight excluding hydrogens is 403 g/mol. The van der Waals surface area contributed by atoms with Crippen molar-refractivity contribution in [2.24, 2.45) is 0 Å². The average Bonchev–Trinajstić information content (AvgIpc) is 3.23. The number of benzene rings is 3. The van der Waals surface area contributed by atoms with E-state index in [1.54, 1.807) is 28.8 Å². The highest BCUT2D eigenvalue weighted by Gasteiger charge is 2.18. The van der Waals surface area contributed by atoms with Gasteiger partial charge in [0.2, 0.25) is 6.79 Å². The molecule has 7 heteroatoms. The minimum atomic E-state index is -0.306. The molecule has 3 aromatic carbocycles. The number of anilines is 1. The number of fused-ring (bicyclic) bond motifs is 1. The average molecular weight is 424 g/mol. The molecule has 1 aliphatic heterocycles. The molecule has 0 bridgehead atoms. The zero-order valence-corrected chi connectivity index (χ0v) is 17.2. The molecule has 3 aromatic rings. The normalized spacial score (nSPS) is 11.9. The zero-order chi connectivity index (χ0) is 20.9. The first-order chi connectivity index (χ1) is 14.6. The Kier molecular flexibility index (Phi) is 6.09. The highest BCUT2D eigenvalue weighted by molar-refractivity contribution is 7.98. The van der Waals surface area contributed by atoms with Crippen molar-refractivity contribution in [2.75, 3.05) is 18.4 Å². The Morgan fingerprint density at radius 1 is 0.967 bits per heavy atom. The fourth-order valence-corrected chi connectivity index (χ4v) is 3.55. The minimum absolute atomic E-state index is 0.199. The van der Waals surface area contributed by atoms with Crippen LogP contribution in [0.5, 0.6) is 11.5 Å². The standard InChI is InChI=1S/C23H21FN2O3S/c1-30-20-9-7-19(8-10-20)25-23(27)26(13-16-2-5-18(24)6-3-16)14-17-4-11-21-22(12-17)29-15-28-21/h2-12H,13-15H2,1H3,(H,25,27). The molecule has 0 spiro atoms. The van der Waals surface area contributed by atoms with Crippen LogP contribution in [0.25, 0.3) is 0 Å². The van der Waals surface area contributed by atoms with Crippen LogP contribution in [0.15, 0.2) is 71.6 Å². The first-order valence-corrected chi connectivity index (χ1v) is 10.7. The summed E-state index contributed by atoms with van der Waals surface area (Å²) >= 11 is 1.64. The van der Waals surface area contributed by atoms with Crippen molar-refractivity contribution >= 4 is 23.5 Å². The number of ether oxygens (including phenoxy) is 2. The zero-order valence-electron chi connectivity index (χ0n) is 16.4. The van der Waals surface area contributed by atoms with E-state index in [2.05, 4.69) is 5.32 Å². The van der Waals surface area contributed by atoms with Crippen LogP contribution in [0.3, 0.4) is 0 Å². The molecule has 0 fully saturated rings. The van der Waals surface area contributed by atoms with Crippen LogP contribution in [-0.2, 0) is 13.1 Å². The van der Waals surface area contributed by atoms with Crippen molar-refractivity contribution in [2.45, 2.75) is 18.0 Å². The SMILES string of the molecule is CSc1ccc(NC(=O)N(Cc2ccc(F)cc2)Cc2ccc3c(c2)OCO3)cc1. The van der Waals surface area contributed by atoms with Crippen LogP contribution in [0.2, 0.25) is 0 Å². The number of nitrogens with zero attached hydrogens (tertiary/aromatic N) is 1. The van der Waals surface area contributed by atoms with Gasteiger partial charge in [0.05, 0.1) is 0 Å². The van der Waals surface area contributed by atoms with Crippen LogP contribution in [0, 0.1) is 5.82 Å². The largest absolute Gasteiger partial charge is 0.454 e. The van der Waals surface area contributed by atoms with Crippen molar-refractivity contribution in [1.29, 1.82) is 0 Å². The van der Waals surface area contributed by atoms with Gasteiger partial charge in [-0.1, -0.05) is 18.2 Å². The fraction of sp³-hybridized carbons (Fsp3) is 0.174. The third-order valence-electron chi connectivity index (χ3n) is 4.73. The van der Waals surface area contributed by atoms with Crippen molar-refractivity contribution in [3.63, 3.8) is 0 Å². The maximum Gasteiger partial charge on any atom is 0.322 e. The van der Waals surface area contributed by atoms with Gasteiger partial charge >= 0.3 is 6.03 Å². The smallest absolute Gasteiger partial charge is 0.322 e. The van der Waals surface area contributed by atoms with Crippen LogP contribution in [0.1, 0.15) is 11.1 Å². The number of hydrogen-bond donors (Lipinski definition) is 1. The van der Waals surface area contributed by atoms with E-state index >= 15 is 0 Å². The number of urea groups is 1. The molecule has 5 nitrogen and oxygen atoms in total. The topological polar surface area (TPSA) is 50.8 Å². The second-order valence-electron chi connectivity index (χ2n) is 6.83. The molecular formula is C23H21FN2O3S. The van der Waals surface area contributed by atoms with Gasteiger partial charge in [-0.2, -0.15) is 0 Å². The monoisotopic (exact) mass is 424 g/mol. The Balaban J connectivity index is 1.53. The van der Waals surface area contributed by atoms with E-state index in [9.17, 15) is 9.18 Å². The lowest BCUT2D eigenvalue weighted by molar-refractivity contribution is 0.174. The second-order valence-corrected chi connectivity index (χ2v) is 7.71. The number of rotatable bonds is 6. The second kappa shape index (κ2) is 9.09. The van der Waals surface area contributed by atoms with Crippen molar-refractivity contribution in [3.05, 3.63) is 83.7 Å². The third-order valence-corrected chi connectivity index (χ3v) is 5.47. The molecule has 4 rings (SSSR count). The van der Waals surface area contributed by atoms with Crippen molar-refractivity contribution in [1.82, 2.24) is 4.90 Å². The van der Waals surface area contributed by atoms with Gasteiger partial charge in [-0.15, -0.1) is 11.8 Å². The van der Waals surface area contributed by atoms with Gasteiger partial charge in [0.1, 0.15) is 5.82 Å². The maximum atomic E-state index is 13.3. The van der Waals surface area contributed by atoms with Gasteiger partial charge in [0.15, 0.2) is 11.5 Å². The third kappa shape index (κ3) is 4.86. The Hall–Kier alpha value is -3.19. The van der Waals surface area contributed by atoms with E-state index < -0.39 is 0 Å². The number of hydrogen-bond acceptors (Lipinski definition) is 4. The molecule has 0 aliphatic carbocycles. The Labute approximate surface area is 178 Å². The fourth-order valence-electron chi connectivity index (χ4n) is 3.15. The summed E-state index contributed by atoms with van der Waals surface area (Å²) in [6.07, 6.45) is 2.00. The summed E-state index contributed by atoms with van der Waals surface area (Å²) in [4.78, 5) is 15.9. The summed E-state index contributed by atoms with van der Waals surface area (Å²) in [5, 5.41) is 2.95. The number of amides is 2. The number of nitrogens with one attached hydrogen (secondary N) is 1. The molecule has 0 aromatic heterocycles. The molecule has 0 saturated heterocycles. The van der Waals surface area contributed by atoms with Crippen LogP contribution >= 0.6 is 11.8 Å². The molecule has 1 aliphatic rings. The summed E-state index contributed by atoms with van der Waals surface area (Å²) in [6, 6.07) is 19.2. The van der Waals surface area contributed by atoms with Gasteiger partial charge in [-0.25, -0.2) is 9.18 Å². The maximum absolute atomic E-state index is 13.3. The predicted molar refractivity (Wildman–Crippen MR) is 115 cm³/mol. The number of halogens is 1.